The highest BCUT2D eigenvalue weighted by Gasteiger charge is 2.17. The standard InChI is InChI=1S/C20H21NO4S/c1-2-3-15-25-20(22)13-16-26(23,24)19-11-8-17(9-12-19)7-10-18-6-4-5-14-21-18/h4-6,8-9,11-12,14H,2-3,13,15-16H2,1H3. The number of ether oxygens (including phenoxy) is 1. The molecule has 1 aromatic heterocycles. The molecule has 6 heteroatoms. The summed E-state index contributed by atoms with van der Waals surface area (Å²) >= 11 is 0. The molecule has 0 radical (unpaired) electrons. The number of aromatic nitrogens is 1. The summed E-state index contributed by atoms with van der Waals surface area (Å²) in [7, 11) is -3.53. The van der Waals surface area contributed by atoms with Gasteiger partial charge in [-0.05, 0) is 48.7 Å². The number of carbonyl (C=O) groups is 1. The van der Waals surface area contributed by atoms with E-state index in [1.54, 1.807) is 24.4 Å². The number of pyridine rings is 1. The highest BCUT2D eigenvalue weighted by atomic mass is 32.2. The topological polar surface area (TPSA) is 73.3 Å². The van der Waals surface area contributed by atoms with Crippen LogP contribution in [0.4, 0.5) is 0 Å². The summed E-state index contributed by atoms with van der Waals surface area (Å²) in [6.07, 6.45) is 3.21. The Bertz CT molecular complexity index is 879. The van der Waals surface area contributed by atoms with Gasteiger partial charge < -0.3 is 4.74 Å². The lowest BCUT2D eigenvalue weighted by Crippen LogP contribution is -2.14. The van der Waals surface area contributed by atoms with Crippen molar-refractivity contribution in [2.75, 3.05) is 12.4 Å². The van der Waals surface area contributed by atoms with Crippen LogP contribution in [0, 0.1) is 11.8 Å². The van der Waals surface area contributed by atoms with Gasteiger partial charge in [-0.25, -0.2) is 13.4 Å². The number of hydrogen-bond donors (Lipinski definition) is 0. The van der Waals surface area contributed by atoms with Crippen LogP contribution < -0.4 is 0 Å². The highest BCUT2D eigenvalue weighted by Crippen LogP contribution is 2.13. The first-order valence-corrected chi connectivity index (χ1v) is 10.1. The molecule has 0 bridgehead atoms. The summed E-state index contributed by atoms with van der Waals surface area (Å²) in [6.45, 7) is 2.32. The maximum atomic E-state index is 12.3. The zero-order chi connectivity index (χ0) is 18.8. The molecule has 0 atom stereocenters. The maximum Gasteiger partial charge on any atom is 0.306 e. The van der Waals surface area contributed by atoms with E-state index in [0.29, 0.717) is 17.9 Å². The van der Waals surface area contributed by atoms with E-state index >= 15 is 0 Å². The number of rotatable bonds is 7. The predicted molar refractivity (Wildman–Crippen MR) is 99.2 cm³/mol. The minimum absolute atomic E-state index is 0.146. The summed E-state index contributed by atoms with van der Waals surface area (Å²) in [4.78, 5) is 15.8. The van der Waals surface area contributed by atoms with Crippen LogP contribution in [0.15, 0.2) is 53.6 Å². The monoisotopic (exact) mass is 371 g/mol. The maximum absolute atomic E-state index is 12.3. The largest absolute Gasteiger partial charge is 0.466 e. The SMILES string of the molecule is CCCCOC(=O)CCS(=O)(=O)c1ccc(C#Cc2ccccn2)cc1. The van der Waals surface area contributed by atoms with E-state index in [4.69, 9.17) is 4.74 Å². The Hall–Kier alpha value is -2.65. The molecular formula is C20H21NO4S. The molecule has 0 aliphatic rings. The fourth-order valence-electron chi connectivity index (χ4n) is 2.06. The third-order valence-electron chi connectivity index (χ3n) is 3.55. The van der Waals surface area contributed by atoms with E-state index in [9.17, 15) is 13.2 Å². The molecule has 0 saturated carbocycles. The second-order valence-electron chi connectivity index (χ2n) is 5.63. The summed E-state index contributed by atoms with van der Waals surface area (Å²) in [5, 5.41) is 0. The van der Waals surface area contributed by atoms with Gasteiger partial charge in [0.05, 0.1) is 23.7 Å². The molecule has 0 fully saturated rings. The Morgan fingerprint density at radius 1 is 1.12 bits per heavy atom. The lowest BCUT2D eigenvalue weighted by Gasteiger charge is -2.05. The van der Waals surface area contributed by atoms with Crippen molar-refractivity contribution >= 4 is 15.8 Å². The summed E-state index contributed by atoms with van der Waals surface area (Å²) in [5.74, 6) is 5.10. The van der Waals surface area contributed by atoms with Gasteiger partial charge in [-0.2, -0.15) is 0 Å². The van der Waals surface area contributed by atoms with Crippen LogP contribution in [0.3, 0.4) is 0 Å². The Morgan fingerprint density at radius 2 is 1.88 bits per heavy atom. The number of hydrogen-bond acceptors (Lipinski definition) is 5. The first-order valence-electron chi connectivity index (χ1n) is 8.43. The van der Waals surface area contributed by atoms with Gasteiger partial charge in [0.15, 0.2) is 9.84 Å². The molecule has 0 N–H and O–H groups in total. The molecule has 1 heterocycles. The third-order valence-corrected chi connectivity index (χ3v) is 5.28. The minimum atomic E-state index is -3.53. The van der Waals surface area contributed by atoms with Crippen LogP contribution >= 0.6 is 0 Å². The number of esters is 1. The lowest BCUT2D eigenvalue weighted by molar-refractivity contribution is -0.143. The summed E-state index contributed by atoms with van der Waals surface area (Å²) in [6, 6.07) is 11.7. The molecule has 0 spiro atoms. The minimum Gasteiger partial charge on any atom is -0.466 e. The molecule has 0 aliphatic carbocycles. The Morgan fingerprint density at radius 3 is 2.54 bits per heavy atom. The van der Waals surface area contributed by atoms with Gasteiger partial charge in [0.1, 0.15) is 5.69 Å². The molecule has 1 aromatic carbocycles. The van der Waals surface area contributed by atoms with Crippen molar-refractivity contribution in [3.63, 3.8) is 0 Å². The van der Waals surface area contributed by atoms with Crippen molar-refractivity contribution in [3.05, 3.63) is 59.9 Å². The average molecular weight is 371 g/mol. The Balaban J connectivity index is 1.96. The number of carbonyl (C=O) groups excluding carboxylic acids is 1. The molecule has 2 aromatic rings. The smallest absolute Gasteiger partial charge is 0.306 e. The highest BCUT2D eigenvalue weighted by molar-refractivity contribution is 7.91. The van der Waals surface area contributed by atoms with Crippen molar-refractivity contribution in [2.45, 2.75) is 31.1 Å². The van der Waals surface area contributed by atoms with Gasteiger partial charge in [-0.1, -0.05) is 25.3 Å². The van der Waals surface area contributed by atoms with Gasteiger partial charge in [-0.3, -0.25) is 4.79 Å². The van der Waals surface area contributed by atoms with E-state index in [1.807, 2.05) is 19.1 Å². The van der Waals surface area contributed by atoms with Crippen molar-refractivity contribution in [2.24, 2.45) is 0 Å². The first kappa shape index (κ1) is 19.7. The third kappa shape index (κ3) is 6.34. The average Bonchev–Trinajstić information content (AvgIpc) is 2.66. The fraction of sp³-hybridized carbons (Fsp3) is 0.300. The second kappa shape index (κ2) is 9.73. The van der Waals surface area contributed by atoms with Crippen molar-refractivity contribution in [3.8, 4) is 11.8 Å². The predicted octanol–water partition coefficient (Wildman–Crippen LogP) is 2.99. The van der Waals surface area contributed by atoms with Crippen LogP contribution in [0.5, 0.6) is 0 Å². The molecule has 0 amide bonds. The van der Waals surface area contributed by atoms with Crippen LogP contribution in [-0.4, -0.2) is 31.7 Å². The zero-order valence-electron chi connectivity index (χ0n) is 14.6. The van der Waals surface area contributed by atoms with Crippen LogP contribution in [0.1, 0.15) is 37.4 Å². The molecule has 136 valence electrons. The fourth-order valence-corrected chi connectivity index (χ4v) is 3.28. The van der Waals surface area contributed by atoms with Crippen LogP contribution in [0.25, 0.3) is 0 Å². The van der Waals surface area contributed by atoms with E-state index in [2.05, 4.69) is 16.8 Å². The lowest BCUT2D eigenvalue weighted by atomic mass is 10.2. The van der Waals surface area contributed by atoms with Crippen LogP contribution in [-0.2, 0) is 19.4 Å². The first-order chi connectivity index (χ1) is 12.5. The van der Waals surface area contributed by atoms with Gasteiger partial charge in [0, 0.05) is 11.8 Å². The van der Waals surface area contributed by atoms with Gasteiger partial charge in [0.25, 0.3) is 0 Å². The van der Waals surface area contributed by atoms with Crippen molar-refractivity contribution < 1.29 is 17.9 Å². The molecule has 0 aliphatic heterocycles. The van der Waals surface area contributed by atoms with Gasteiger partial charge >= 0.3 is 5.97 Å². The number of nitrogens with zero attached hydrogens (tertiary/aromatic N) is 1. The Labute approximate surface area is 154 Å². The second-order valence-corrected chi connectivity index (χ2v) is 7.74. The van der Waals surface area contributed by atoms with E-state index < -0.39 is 15.8 Å². The zero-order valence-corrected chi connectivity index (χ0v) is 15.5. The molecular weight excluding hydrogens is 350 g/mol. The molecule has 5 nitrogen and oxygen atoms in total. The Kier molecular flexibility index (Phi) is 7.37. The molecule has 0 saturated heterocycles. The summed E-state index contributed by atoms with van der Waals surface area (Å²) < 4.78 is 29.6. The summed E-state index contributed by atoms with van der Waals surface area (Å²) in [5.41, 5.74) is 1.33. The van der Waals surface area contributed by atoms with Crippen LogP contribution in [0.2, 0.25) is 0 Å². The normalized spacial score (nSPS) is 10.7. The van der Waals surface area contributed by atoms with Gasteiger partial charge in [-0.15, -0.1) is 0 Å². The van der Waals surface area contributed by atoms with E-state index in [1.165, 1.54) is 12.1 Å². The molecule has 0 unspecified atom stereocenters. The molecule has 2 rings (SSSR count). The molecule has 26 heavy (non-hydrogen) atoms. The van der Waals surface area contributed by atoms with Crippen molar-refractivity contribution in [1.82, 2.24) is 4.98 Å². The number of sulfone groups is 1. The van der Waals surface area contributed by atoms with E-state index in [-0.39, 0.29) is 17.1 Å². The number of unbranched alkanes of at least 4 members (excludes halogenated alkanes) is 1. The van der Waals surface area contributed by atoms with Crippen molar-refractivity contribution in [1.29, 1.82) is 0 Å². The number of benzene rings is 1. The van der Waals surface area contributed by atoms with Gasteiger partial charge in [0.2, 0.25) is 0 Å². The quantitative estimate of drug-likeness (QED) is 0.425. The van der Waals surface area contributed by atoms with E-state index in [0.717, 1.165) is 12.8 Å².